The molecule has 1 aliphatic heterocycles. The number of amides is 1. The van der Waals surface area contributed by atoms with Crippen LogP contribution in [0.3, 0.4) is 0 Å². The number of likely N-dealkylation sites (N-methyl/N-ethyl adjacent to an activating group) is 1. The average molecular weight is 671 g/mol. The molecule has 1 heterocycles. The van der Waals surface area contributed by atoms with E-state index in [1.165, 1.54) is 12.1 Å². The topological polar surface area (TPSA) is 91.3 Å². The minimum Gasteiger partial charge on any atom is -0.392 e. The minimum atomic E-state index is -2.36. The number of hydrogen-bond donors (Lipinski definition) is 3. The second kappa shape index (κ2) is 14.9. The van der Waals surface area contributed by atoms with Crippen molar-refractivity contribution in [2.24, 2.45) is 5.92 Å². The maximum Gasteiger partial charge on any atom is 0.261 e. The first kappa shape index (κ1) is 35.1. The molecular formula is C36H35F5N2O5. The Bertz CT molecular complexity index is 1700. The third-order valence-corrected chi connectivity index (χ3v) is 8.76. The average Bonchev–Trinajstić information content (AvgIpc) is 3.11. The number of benzene rings is 4. The number of hydrogen-bond acceptors (Lipinski definition) is 6. The van der Waals surface area contributed by atoms with Gasteiger partial charge in [-0.1, -0.05) is 73.7 Å². The van der Waals surface area contributed by atoms with Gasteiger partial charge in [0.15, 0.2) is 29.6 Å². The molecule has 7 nitrogen and oxygen atoms in total. The van der Waals surface area contributed by atoms with Crippen LogP contribution in [0.25, 0.3) is 0 Å². The summed E-state index contributed by atoms with van der Waals surface area (Å²) < 4.78 is 82.0. The van der Waals surface area contributed by atoms with Crippen LogP contribution in [0.1, 0.15) is 65.0 Å². The van der Waals surface area contributed by atoms with E-state index in [4.69, 9.17) is 9.47 Å². The first-order valence-electron chi connectivity index (χ1n) is 15.3. The van der Waals surface area contributed by atoms with Gasteiger partial charge in [-0.15, -0.1) is 0 Å². The summed E-state index contributed by atoms with van der Waals surface area (Å²) in [6.45, 7) is 4.22. The molecule has 0 unspecified atom stereocenters. The predicted octanol–water partition coefficient (Wildman–Crippen LogP) is 6.97. The van der Waals surface area contributed by atoms with E-state index in [2.05, 4.69) is 5.32 Å². The van der Waals surface area contributed by atoms with E-state index in [-0.39, 0.29) is 24.3 Å². The number of anilines is 1. The molecule has 5 rings (SSSR count). The van der Waals surface area contributed by atoms with Crippen LogP contribution in [0.15, 0.2) is 78.9 Å². The predicted molar refractivity (Wildman–Crippen MR) is 167 cm³/mol. The Morgan fingerprint density at radius 2 is 1.40 bits per heavy atom. The Morgan fingerprint density at radius 1 is 0.833 bits per heavy atom. The van der Waals surface area contributed by atoms with Crippen LogP contribution >= 0.6 is 0 Å². The highest BCUT2D eigenvalue weighted by molar-refractivity contribution is 6.04. The van der Waals surface area contributed by atoms with Crippen molar-refractivity contribution < 1.29 is 46.4 Å². The number of aliphatic hydroxyl groups is 2. The molecule has 4 aromatic carbocycles. The summed E-state index contributed by atoms with van der Waals surface area (Å²) in [4.78, 5) is 14.5. The van der Waals surface area contributed by atoms with Gasteiger partial charge in [0.1, 0.15) is 5.56 Å². The Kier molecular flexibility index (Phi) is 10.9. The number of rotatable bonds is 10. The Balaban J connectivity index is 1.37. The highest BCUT2D eigenvalue weighted by Crippen LogP contribution is 2.42. The van der Waals surface area contributed by atoms with Gasteiger partial charge >= 0.3 is 0 Å². The van der Waals surface area contributed by atoms with Crippen molar-refractivity contribution >= 4 is 11.6 Å². The summed E-state index contributed by atoms with van der Waals surface area (Å²) in [5.74, 6) is -13.0. The first-order chi connectivity index (χ1) is 22.9. The molecule has 254 valence electrons. The van der Waals surface area contributed by atoms with Crippen molar-refractivity contribution in [3.05, 3.63) is 136 Å². The van der Waals surface area contributed by atoms with Gasteiger partial charge in [0, 0.05) is 29.8 Å². The van der Waals surface area contributed by atoms with E-state index >= 15 is 0 Å². The molecule has 1 fully saturated rings. The van der Waals surface area contributed by atoms with Crippen molar-refractivity contribution in [2.75, 3.05) is 18.9 Å². The molecule has 48 heavy (non-hydrogen) atoms. The number of ether oxygens (including phenoxy) is 2. The lowest BCUT2D eigenvalue weighted by molar-refractivity contribution is -0.276. The largest absolute Gasteiger partial charge is 0.392 e. The molecule has 12 heteroatoms. The fraction of sp³-hybridized carbons (Fsp3) is 0.306. The maximum absolute atomic E-state index is 14.2. The summed E-state index contributed by atoms with van der Waals surface area (Å²) in [7, 11) is 1.89. The summed E-state index contributed by atoms with van der Waals surface area (Å²) >= 11 is 0. The lowest BCUT2D eigenvalue weighted by Crippen LogP contribution is -2.46. The standard InChI is InChI=1S/C36H35F5N2O5/c1-19-26(17-43(3)20(2)33(45)22-7-5-4-6-8-22)47-36(48-34(19)23-11-9-21(18-44)10-12-23)24-13-15-25(16-14-24)42-35(46)27-28(37)30(39)32(41)31(40)29(27)38/h4-16,19-20,26,33-34,36,44-45H,17-18H2,1-3H3,(H,42,46)/t19-,20+,26+,33+,34+,36+/m0/s1. The van der Waals surface area contributed by atoms with Gasteiger partial charge in [-0.25, -0.2) is 22.0 Å². The molecule has 0 aliphatic carbocycles. The zero-order valence-corrected chi connectivity index (χ0v) is 26.3. The zero-order valence-electron chi connectivity index (χ0n) is 26.3. The van der Waals surface area contributed by atoms with E-state index in [9.17, 15) is 37.0 Å². The summed E-state index contributed by atoms with van der Waals surface area (Å²) in [5, 5.41) is 22.7. The molecule has 6 atom stereocenters. The smallest absolute Gasteiger partial charge is 0.261 e. The summed E-state index contributed by atoms with van der Waals surface area (Å²) in [6, 6.07) is 22.3. The second-order valence-electron chi connectivity index (χ2n) is 11.9. The van der Waals surface area contributed by atoms with Crippen LogP contribution in [0.4, 0.5) is 27.6 Å². The van der Waals surface area contributed by atoms with Crippen molar-refractivity contribution in [1.29, 1.82) is 0 Å². The van der Waals surface area contributed by atoms with Crippen LogP contribution < -0.4 is 5.32 Å². The number of nitrogens with zero attached hydrogens (tertiary/aromatic N) is 1. The van der Waals surface area contributed by atoms with Gasteiger partial charge in [-0.05, 0) is 42.8 Å². The van der Waals surface area contributed by atoms with Gasteiger partial charge in [0.25, 0.3) is 5.91 Å². The lowest BCUT2D eigenvalue weighted by atomic mass is 9.89. The zero-order chi connectivity index (χ0) is 34.7. The fourth-order valence-corrected chi connectivity index (χ4v) is 5.67. The van der Waals surface area contributed by atoms with Crippen molar-refractivity contribution in [3.63, 3.8) is 0 Å². The number of carbonyl (C=O) groups excluding carboxylic acids is 1. The second-order valence-corrected chi connectivity index (χ2v) is 11.9. The van der Waals surface area contributed by atoms with Gasteiger partial charge in [-0.2, -0.15) is 0 Å². The van der Waals surface area contributed by atoms with E-state index in [1.807, 2.05) is 68.3 Å². The van der Waals surface area contributed by atoms with Gasteiger partial charge in [0.05, 0.1) is 24.9 Å². The van der Waals surface area contributed by atoms with Gasteiger partial charge in [0.2, 0.25) is 5.82 Å². The van der Waals surface area contributed by atoms with Crippen LogP contribution in [0, 0.1) is 35.0 Å². The molecule has 1 amide bonds. The Labute approximate surface area is 274 Å². The van der Waals surface area contributed by atoms with Crippen LogP contribution in [-0.4, -0.2) is 46.8 Å². The van der Waals surface area contributed by atoms with Crippen LogP contribution in [-0.2, 0) is 16.1 Å². The molecule has 0 bridgehead atoms. The van der Waals surface area contributed by atoms with Gasteiger partial charge < -0.3 is 25.0 Å². The van der Waals surface area contributed by atoms with E-state index in [1.54, 1.807) is 24.3 Å². The molecule has 0 radical (unpaired) electrons. The first-order valence-corrected chi connectivity index (χ1v) is 15.3. The summed E-state index contributed by atoms with van der Waals surface area (Å²) in [6.07, 6.45) is -2.50. The quantitative estimate of drug-likeness (QED) is 0.0960. The Morgan fingerprint density at radius 3 is 1.98 bits per heavy atom. The lowest BCUT2D eigenvalue weighted by Gasteiger charge is -2.43. The van der Waals surface area contributed by atoms with Crippen LogP contribution in [0.5, 0.6) is 0 Å². The van der Waals surface area contributed by atoms with Crippen molar-refractivity contribution in [3.8, 4) is 0 Å². The third-order valence-electron chi connectivity index (χ3n) is 8.76. The summed E-state index contributed by atoms with van der Waals surface area (Å²) in [5.41, 5.74) is 1.32. The molecule has 0 spiro atoms. The SMILES string of the molecule is C[C@H]1[C@@H](CN(C)[C@H](C)[C@@H](O)c2ccccc2)O[C@@H](c2ccc(NC(=O)c3c(F)c(F)c(F)c(F)c3F)cc2)O[C@H]1c1ccc(CO)cc1. The monoisotopic (exact) mass is 670 g/mol. The molecule has 0 saturated carbocycles. The fourth-order valence-electron chi connectivity index (χ4n) is 5.67. The normalized spacial score (nSPS) is 20.8. The number of halogens is 5. The highest BCUT2D eigenvalue weighted by Gasteiger charge is 2.40. The number of aliphatic hydroxyl groups excluding tert-OH is 2. The van der Waals surface area contributed by atoms with Crippen molar-refractivity contribution in [1.82, 2.24) is 4.90 Å². The minimum absolute atomic E-state index is 0.0213. The molecular weight excluding hydrogens is 635 g/mol. The van der Waals surface area contributed by atoms with E-state index < -0.39 is 65.2 Å². The maximum atomic E-state index is 14.2. The van der Waals surface area contributed by atoms with Crippen molar-refractivity contribution in [2.45, 2.75) is 51.1 Å². The van der Waals surface area contributed by atoms with Crippen LogP contribution in [0.2, 0.25) is 0 Å². The van der Waals surface area contributed by atoms with E-state index in [0.717, 1.165) is 16.7 Å². The molecule has 3 N–H and O–H groups in total. The van der Waals surface area contributed by atoms with E-state index in [0.29, 0.717) is 12.1 Å². The molecule has 4 aromatic rings. The van der Waals surface area contributed by atoms with Gasteiger partial charge in [-0.3, -0.25) is 9.69 Å². The highest BCUT2D eigenvalue weighted by atomic mass is 19.2. The Hall–Kier alpha value is -4.20. The third kappa shape index (κ3) is 7.27. The number of carbonyl (C=O) groups is 1. The molecule has 1 aliphatic rings. The molecule has 0 aromatic heterocycles. The number of nitrogens with one attached hydrogen (secondary N) is 1. The molecule has 1 saturated heterocycles.